The van der Waals surface area contributed by atoms with Crippen LogP contribution < -0.4 is 10.7 Å². The van der Waals surface area contributed by atoms with Gasteiger partial charge in [0.1, 0.15) is 0 Å². The second-order valence-corrected chi connectivity index (χ2v) is 7.74. The van der Waals surface area contributed by atoms with Gasteiger partial charge in [0.2, 0.25) is 5.91 Å². The molecular formula is C26H24N4O2. The third-order valence-electron chi connectivity index (χ3n) is 5.18. The number of carbonyl (C=O) groups is 2. The molecule has 0 unspecified atom stereocenters. The molecule has 0 saturated heterocycles. The minimum absolute atomic E-state index is 0.162. The van der Waals surface area contributed by atoms with Crippen LogP contribution in [0.15, 0.2) is 71.8 Å². The van der Waals surface area contributed by atoms with E-state index in [1.165, 1.54) is 6.92 Å². The summed E-state index contributed by atoms with van der Waals surface area (Å²) >= 11 is 0. The summed E-state index contributed by atoms with van der Waals surface area (Å²) in [5.41, 5.74) is 9.96. The maximum absolute atomic E-state index is 12.5. The number of nitrogens with one attached hydrogen (secondary N) is 3. The third kappa shape index (κ3) is 4.44. The van der Waals surface area contributed by atoms with Gasteiger partial charge in [0.25, 0.3) is 5.91 Å². The number of fused-ring (bicyclic) bond motifs is 1. The van der Waals surface area contributed by atoms with Crippen LogP contribution in [0.2, 0.25) is 0 Å². The molecule has 0 bridgehead atoms. The first-order valence-electron chi connectivity index (χ1n) is 10.3. The molecule has 2 amide bonds. The molecule has 0 saturated carbocycles. The van der Waals surface area contributed by atoms with Gasteiger partial charge in [-0.25, -0.2) is 5.43 Å². The van der Waals surface area contributed by atoms with Gasteiger partial charge in [0.05, 0.1) is 11.9 Å². The lowest BCUT2D eigenvalue weighted by molar-refractivity contribution is -0.114. The van der Waals surface area contributed by atoms with Crippen LogP contribution >= 0.6 is 0 Å². The Bertz CT molecular complexity index is 1320. The van der Waals surface area contributed by atoms with Crippen LogP contribution in [-0.4, -0.2) is 23.0 Å². The number of hydrogen-bond acceptors (Lipinski definition) is 3. The van der Waals surface area contributed by atoms with E-state index < -0.39 is 0 Å². The molecule has 6 nitrogen and oxygen atoms in total. The van der Waals surface area contributed by atoms with E-state index in [4.69, 9.17) is 0 Å². The smallest absolute Gasteiger partial charge is 0.271 e. The predicted octanol–water partition coefficient (Wildman–Crippen LogP) is 5.17. The lowest BCUT2D eigenvalue weighted by Crippen LogP contribution is -2.17. The number of H-pyrrole nitrogens is 1. The normalized spacial score (nSPS) is 11.1. The fourth-order valence-electron chi connectivity index (χ4n) is 3.77. The first kappa shape index (κ1) is 21.1. The molecule has 0 radical (unpaired) electrons. The lowest BCUT2D eigenvalue weighted by atomic mass is 10.0. The molecule has 4 rings (SSSR count). The number of hydrazone groups is 1. The van der Waals surface area contributed by atoms with E-state index in [-0.39, 0.29) is 11.8 Å². The maximum Gasteiger partial charge on any atom is 0.271 e. The van der Waals surface area contributed by atoms with Crippen LogP contribution in [0.25, 0.3) is 22.2 Å². The molecule has 0 spiro atoms. The predicted molar refractivity (Wildman–Crippen MR) is 129 cm³/mol. The van der Waals surface area contributed by atoms with Gasteiger partial charge in [0, 0.05) is 34.6 Å². The SMILES string of the molecule is CC(=O)Nc1ccc(C(=O)N/N=C/c2c(-c3ccccc3)[nH]c3c(C)cc(C)cc23)cc1. The van der Waals surface area contributed by atoms with E-state index in [0.717, 1.165) is 38.9 Å². The van der Waals surface area contributed by atoms with Crippen molar-refractivity contribution < 1.29 is 9.59 Å². The minimum atomic E-state index is -0.330. The highest BCUT2D eigenvalue weighted by molar-refractivity contribution is 6.07. The van der Waals surface area contributed by atoms with Crippen LogP contribution in [0.4, 0.5) is 5.69 Å². The van der Waals surface area contributed by atoms with Crippen molar-refractivity contribution in [1.82, 2.24) is 10.4 Å². The number of anilines is 1. The van der Waals surface area contributed by atoms with Gasteiger partial charge in [-0.15, -0.1) is 0 Å². The van der Waals surface area contributed by atoms with E-state index in [1.54, 1.807) is 30.5 Å². The number of aryl methyl sites for hydroxylation is 2. The molecular weight excluding hydrogens is 400 g/mol. The number of rotatable bonds is 5. The Morgan fingerprint density at radius 1 is 0.969 bits per heavy atom. The molecule has 32 heavy (non-hydrogen) atoms. The number of carbonyl (C=O) groups excluding carboxylic acids is 2. The van der Waals surface area contributed by atoms with Crippen LogP contribution in [0.1, 0.15) is 34.0 Å². The van der Waals surface area contributed by atoms with Gasteiger partial charge in [-0.2, -0.15) is 5.10 Å². The molecule has 0 atom stereocenters. The van der Waals surface area contributed by atoms with Crippen molar-refractivity contribution in [2.75, 3.05) is 5.32 Å². The van der Waals surface area contributed by atoms with Crippen molar-refractivity contribution in [3.63, 3.8) is 0 Å². The van der Waals surface area contributed by atoms with Crippen LogP contribution in [0.5, 0.6) is 0 Å². The average molecular weight is 425 g/mol. The summed E-state index contributed by atoms with van der Waals surface area (Å²) in [6.45, 7) is 5.58. The molecule has 0 aliphatic carbocycles. The summed E-state index contributed by atoms with van der Waals surface area (Å²) < 4.78 is 0. The highest BCUT2D eigenvalue weighted by Gasteiger charge is 2.14. The molecule has 3 aromatic carbocycles. The second-order valence-electron chi connectivity index (χ2n) is 7.74. The Morgan fingerprint density at radius 2 is 1.69 bits per heavy atom. The standard InChI is InChI=1S/C26H24N4O2/c1-16-13-17(2)24-22(14-16)23(25(29-24)19-7-5-4-6-8-19)15-27-30-26(32)20-9-11-21(12-10-20)28-18(3)31/h4-15,29H,1-3H3,(H,28,31)(H,30,32)/b27-15+. The summed E-state index contributed by atoms with van der Waals surface area (Å²) in [6.07, 6.45) is 1.68. The summed E-state index contributed by atoms with van der Waals surface area (Å²) in [6, 6.07) is 21.0. The Labute approximate surface area is 186 Å². The summed E-state index contributed by atoms with van der Waals surface area (Å²) in [5, 5.41) is 7.97. The molecule has 0 fully saturated rings. The van der Waals surface area contributed by atoms with Crippen molar-refractivity contribution in [1.29, 1.82) is 0 Å². The quantitative estimate of drug-likeness (QED) is 0.305. The number of hydrogen-bond donors (Lipinski definition) is 3. The largest absolute Gasteiger partial charge is 0.354 e. The Hall–Kier alpha value is -4.19. The van der Waals surface area contributed by atoms with E-state index >= 15 is 0 Å². The molecule has 6 heteroatoms. The fraction of sp³-hybridized carbons (Fsp3) is 0.115. The van der Waals surface area contributed by atoms with Crippen molar-refractivity contribution in [3.05, 3.63) is 89.0 Å². The zero-order valence-corrected chi connectivity index (χ0v) is 18.2. The number of benzene rings is 3. The van der Waals surface area contributed by atoms with Gasteiger partial charge < -0.3 is 10.3 Å². The van der Waals surface area contributed by atoms with E-state index in [9.17, 15) is 9.59 Å². The zero-order valence-electron chi connectivity index (χ0n) is 18.2. The van der Waals surface area contributed by atoms with Gasteiger partial charge in [0.15, 0.2) is 0 Å². The van der Waals surface area contributed by atoms with Crippen molar-refractivity contribution in [3.8, 4) is 11.3 Å². The Morgan fingerprint density at radius 3 is 2.38 bits per heavy atom. The Kier molecular flexibility index (Phi) is 5.85. The van der Waals surface area contributed by atoms with Crippen molar-refractivity contribution in [2.24, 2.45) is 5.10 Å². The van der Waals surface area contributed by atoms with Crippen molar-refractivity contribution >= 4 is 34.6 Å². The van der Waals surface area contributed by atoms with Gasteiger partial charge in [-0.1, -0.05) is 42.0 Å². The topological polar surface area (TPSA) is 86.3 Å². The molecule has 1 heterocycles. The van der Waals surface area contributed by atoms with Gasteiger partial charge >= 0.3 is 0 Å². The monoisotopic (exact) mass is 424 g/mol. The van der Waals surface area contributed by atoms with Gasteiger partial charge in [-0.3, -0.25) is 9.59 Å². The highest BCUT2D eigenvalue weighted by atomic mass is 16.2. The van der Waals surface area contributed by atoms with E-state index in [1.807, 2.05) is 30.3 Å². The maximum atomic E-state index is 12.5. The van der Waals surface area contributed by atoms with Crippen LogP contribution in [0.3, 0.4) is 0 Å². The van der Waals surface area contributed by atoms with E-state index in [0.29, 0.717) is 11.3 Å². The Balaban J connectivity index is 1.63. The number of nitrogens with zero attached hydrogens (tertiary/aromatic N) is 1. The fourth-order valence-corrected chi connectivity index (χ4v) is 3.77. The molecule has 0 aliphatic rings. The van der Waals surface area contributed by atoms with Crippen LogP contribution in [0, 0.1) is 13.8 Å². The number of aromatic amines is 1. The van der Waals surface area contributed by atoms with Crippen LogP contribution in [-0.2, 0) is 4.79 Å². The highest BCUT2D eigenvalue weighted by Crippen LogP contribution is 2.31. The summed E-state index contributed by atoms with van der Waals surface area (Å²) in [5.74, 6) is -0.491. The molecule has 3 N–H and O–H groups in total. The summed E-state index contributed by atoms with van der Waals surface area (Å²) in [7, 11) is 0. The number of aromatic nitrogens is 1. The number of amides is 2. The first-order valence-corrected chi connectivity index (χ1v) is 10.3. The molecule has 1 aromatic heterocycles. The minimum Gasteiger partial charge on any atom is -0.354 e. The average Bonchev–Trinajstić information content (AvgIpc) is 3.13. The van der Waals surface area contributed by atoms with Crippen molar-refractivity contribution in [2.45, 2.75) is 20.8 Å². The first-order chi connectivity index (χ1) is 15.4. The van der Waals surface area contributed by atoms with Gasteiger partial charge in [-0.05, 0) is 55.3 Å². The third-order valence-corrected chi connectivity index (χ3v) is 5.18. The molecule has 160 valence electrons. The molecule has 0 aliphatic heterocycles. The molecule has 4 aromatic rings. The zero-order chi connectivity index (χ0) is 22.7. The van der Waals surface area contributed by atoms with E-state index in [2.05, 4.69) is 46.8 Å². The summed E-state index contributed by atoms with van der Waals surface area (Å²) in [4.78, 5) is 27.2. The second kappa shape index (κ2) is 8.89. The lowest BCUT2D eigenvalue weighted by Gasteiger charge is -2.04.